The van der Waals surface area contributed by atoms with E-state index in [0.29, 0.717) is 6.42 Å². The van der Waals surface area contributed by atoms with Crippen LogP contribution < -0.4 is 0 Å². The number of rotatable bonds is 4. The molecule has 0 amide bonds. The Balaban J connectivity index is 1.90. The predicted octanol–water partition coefficient (Wildman–Crippen LogP) is 5.53. The number of methoxy groups -OCH3 is 1. The molecule has 3 nitrogen and oxygen atoms in total. The summed E-state index contributed by atoms with van der Waals surface area (Å²) in [5.74, 6) is -0.806. The number of esters is 1. The van der Waals surface area contributed by atoms with Crippen molar-refractivity contribution in [3.8, 4) is 0 Å². The lowest BCUT2D eigenvalue weighted by molar-refractivity contribution is -0.153. The van der Waals surface area contributed by atoms with E-state index < -0.39 is 16.8 Å². The number of fused-ring (bicyclic) bond motifs is 2. The highest BCUT2D eigenvalue weighted by atomic mass is 16.5. The SMILES string of the molecule is COC(=O)[C@@]12C(=O)[C@@](C)(C[C@H]1c1ccccc1)C(c1ccccc1)=C2c1ccccc1. The van der Waals surface area contributed by atoms with Crippen molar-refractivity contribution in [2.75, 3.05) is 7.11 Å². The van der Waals surface area contributed by atoms with Crippen molar-refractivity contribution >= 4 is 22.9 Å². The van der Waals surface area contributed by atoms with Crippen molar-refractivity contribution in [3.05, 3.63) is 108 Å². The summed E-state index contributed by atoms with van der Waals surface area (Å²) in [6.45, 7) is 1.99. The Morgan fingerprint density at radius 1 is 0.806 bits per heavy atom. The molecule has 0 aromatic heterocycles. The maximum Gasteiger partial charge on any atom is 0.324 e. The minimum absolute atomic E-state index is 0.0570. The molecule has 0 spiro atoms. The van der Waals surface area contributed by atoms with Crippen LogP contribution in [0.4, 0.5) is 0 Å². The molecule has 0 N–H and O–H groups in total. The van der Waals surface area contributed by atoms with E-state index in [-0.39, 0.29) is 11.7 Å². The number of carbonyl (C=O) groups excluding carboxylic acids is 2. The fourth-order valence-electron chi connectivity index (χ4n) is 5.82. The number of hydrogen-bond acceptors (Lipinski definition) is 3. The molecule has 1 fully saturated rings. The molecule has 2 aliphatic carbocycles. The molecular weight excluding hydrogens is 384 g/mol. The van der Waals surface area contributed by atoms with E-state index in [9.17, 15) is 9.59 Å². The van der Waals surface area contributed by atoms with Crippen molar-refractivity contribution in [1.82, 2.24) is 0 Å². The molecule has 0 radical (unpaired) electrons. The maximum absolute atomic E-state index is 14.2. The van der Waals surface area contributed by atoms with Crippen LogP contribution in [-0.4, -0.2) is 18.9 Å². The molecule has 154 valence electrons. The van der Waals surface area contributed by atoms with Crippen molar-refractivity contribution in [3.63, 3.8) is 0 Å². The average Bonchev–Trinajstić information content (AvgIpc) is 3.18. The van der Waals surface area contributed by atoms with Gasteiger partial charge in [0.05, 0.1) is 12.5 Å². The summed E-state index contributed by atoms with van der Waals surface area (Å²) in [5.41, 5.74) is 2.46. The van der Waals surface area contributed by atoms with Gasteiger partial charge < -0.3 is 4.74 Å². The van der Waals surface area contributed by atoms with Crippen LogP contribution in [0.1, 0.15) is 36.0 Å². The lowest BCUT2D eigenvalue weighted by Crippen LogP contribution is -2.41. The van der Waals surface area contributed by atoms with Crippen LogP contribution in [0.15, 0.2) is 91.0 Å². The summed E-state index contributed by atoms with van der Waals surface area (Å²) < 4.78 is 5.36. The Hall–Kier alpha value is -3.46. The largest absolute Gasteiger partial charge is 0.468 e. The Morgan fingerprint density at radius 2 is 1.29 bits per heavy atom. The van der Waals surface area contributed by atoms with Crippen molar-refractivity contribution in [1.29, 1.82) is 0 Å². The predicted molar refractivity (Wildman–Crippen MR) is 121 cm³/mol. The summed E-state index contributed by atoms with van der Waals surface area (Å²) in [6, 6.07) is 29.7. The van der Waals surface area contributed by atoms with Gasteiger partial charge in [-0.3, -0.25) is 9.59 Å². The van der Waals surface area contributed by atoms with Crippen LogP contribution in [0.5, 0.6) is 0 Å². The third-order valence-electron chi connectivity index (χ3n) is 7.02. The van der Waals surface area contributed by atoms with E-state index in [1.54, 1.807) is 0 Å². The Bertz CT molecular complexity index is 1180. The summed E-state index contributed by atoms with van der Waals surface area (Å²) in [5, 5.41) is 0. The second-order valence-electron chi connectivity index (χ2n) is 8.61. The number of Topliss-reactive ketones (excluding diaryl/α,β-unsaturated/α-hetero) is 1. The number of ketones is 1. The second kappa shape index (κ2) is 7.05. The molecule has 3 heteroatoms. The molecule has 1 saturated carbocycles. The van der Waals surface area contributed by atoms with Gasteiger partial charge in [-0.2, -0.15) is 0 Å². The number of carbonyl (C=O) groups is 2. The summed E-state index contributed by atoms with van der Waals surface area (Å²) in [6.07, 6.45) is 0.575. The first-order chi connectivity index (χ1) is 15.0. The number of benzene rings is 3. The van der Waals surface area contributed by atoms with Crippen LogP contribution in [0, 0.1) is 10.8 Å². The first kappa shape index (κ1) is 19.5. The molecule has 3 atom stereocenters. The molecule has 2 bridgehead atoms. The normalized spacial score (nSPS) is 26.9. The van der Waals surface area contributed by atoms with Gasteiger partial charge >= 0.3 is 5.97 Å². The fraction of sp³-hybridized carbons (Fsp3) is 0.214. The zero-order chi connectivity index (χ0) is 21.6. The van der Waals surface area contributed by atoms with Crippen molar-refractivity contribution in [2.24, 2.45) is 10.8 Å². The second-order valence-corrected chi connectivity index (χ2v) is 8.61. The lowest BCUT2D eigenvalue weighted by Gasteiger charge is -2.36. The number of allylic oxidation sites excluding steroid dienone is 1. The van der Waals surface area contributed by atoms with Crippen LogP contribution in [0.3, 0.4) is 0 Å². The van der Waals surface area contributed by atoms with Gasteiger partial charge in [0.1, 0.15) is 0 Å². The van der Waals surface area contributed by atoms with Gasteiger partial charge in [-0.1, -0.05) is 91.0 Å². The Labute approximate surface area is 182 Å². The maximum atomic E-state index is 14.2. The summed E-state index contributed by atoms with van der Waals surface area (Å²) >= 11 is 0. The van der Waals surface area contributed by atoms with Gasteiger partial charge in [0.25, 0.3) is 0 Å². The molecule has 0 unspecified atom stereocenters. The molecule has 0 aliphatic heterocycles. The highest BCUT2D eigenvalue weighted by Crippen LogP contribution is 2.72. The van der Waals surface area contributed by atoms with E-state index in [4.69, 9.17) is 4.74 Å². The molecule has 31 heavy (non-hydrogen) atoms. The van der Waals surface area contributed by atoms with Crippen molar-refractivity contribution in [2.45, 2.75) is 19.3 Å². The van der Waals surface area contributed by atoms with Crippen LogP contribution in [-0.2, 0) is 14.3 Å². The molecule has 2 aliphatic rings. The topological polar surface area (TPSA) is 43.4 Å². The van der Waals surface area contributed by atoms with E-state index in [1.807, 2.05) is 97.9 Å². The van der Waals surface area contributed by atoms with Gasteiger partial charge in [0.15, 0.2) is 11.2 Å². The zero-order valence-electron chi connectivity index (χ0n) is 17.7. The average molecular weight is 408 g/mol. The molecule has 5 rings (SSSR count). The smallest absolute Gasteiger partial charge is 0.324 e. The Kier molecular flexibility index (Phi) is 4.44. The van der Waals surface area contributed by atoms with E-state index in [1.165, 1.54) is 7.11 Å². The van der Waals surface area contributed by atoms with Crippen LogP contribution in [0.25, 0.3) is 11.1 Å². The highest BCUT2D eigenvalue weighted by molar-refractivity contribution is 6.32. The quantitative estimate of drug-likeness (QED) is 0.421. The number of ether oxygens (including phenoxy) is 1. The first-order valence-corrected chi connectivity index (χ1v) is 10.6. The van der Waals surface area contributed by atoms with E-state index in [0.717, 1.165) is 27.8 Å². The zero-order valence-corrected chi connectivity index (χ0v) is 17.7. The lowest BCUT2D eigenvalue weighted by atomic mass is 9.64. The monoisotopic (exact) mass is 408 g/mol. The van der Waals surface area contributed by atoms with Gasteiger partial charge in [-0.25, -0.2) is 0 Å². The van der Waals surface area contributed by atoms with Crippen LogP contribution in [0.2, 0.25) is 0 Å². The minimum Gasteiger partial charge on any atom is -0.468 e. The molecule has 3 aromatic carbocycles. The van der Waals surface area contributed by atoms with Gasteiger partial charge in [0.2, 0.25) is 0 Å². The standard InChI is InChI=1S/C28H24O3/c1-27-18-22(19-12-6-3-7-13-19)28(25(27)29,26(30)31-2)24(21-16-10-5-11-17-21)23(27)20-14-8-4-9-15-20/h3-17,22H,18H2,1-2H3/t22-,27-,28-/m0/s1. The fourth-order valence-corrected chi connectivity index (χ4v) is 5.82. The first-order valence-electron chi connectivity index (χ1n) is 10.6. The highest BCUT2D eigenvalue weighted by Gasteiger charge is 2.73. The summed E-state index contributed by atoms with van der Waals surface area (Å²) in [7, 11) is 1.38. The van der Waals surface area contributed by atoms with Gasteiger partial charge in [0, 0.05) is 5.92 Å². The molecule has 3 aromatic rings. The van der Waals surface area contributed by atoms with Crippen LogP contribution >= 0.6 is 0 Å². The molecular formula is C28H24O3. The Morgan fingerprint density at radius 3 is 1.81 bits per heavy atom. The summed E-state index contributed by atoms with van der Waals surface area (Å²) in [4.78, 5) is 27.8. The van der Waals surface area contributed by atoms with E-state index >= 15 is 0 Å². The molecule has 0 heterocycles. The third-order valence-corrected chi connectivity index (χ3v) is 7.02. The molecule has 0 saturated heterocycles. The van der Waals surface area contributed by atoms with Gasteiger partial charge in [-0.05, 0) is 41.2 Å². The minimum atomic E-state index is -1.36. The van der Waals surface area contributed by atoms with E-state index in [2.05, 4.69) is 0 Å². The van der Waals surface area contributed by atoms with Crippen molar-refractivity contribution < 1.29 is 14.3 Å². The van der Waals surface area contributed by atoms with Gasteiger partial charge in [-0.15, -0.1) is 0 Å². The third kappa shape index (κ3) is 2.53. The number of hydrogen-bond donors (Lipinski definition) is 0.